The molecule has 0 aliphatic carbocycles. The third-order valence-corrected chi connectivity index (χ3v) is 9.89. The number of amides is 1. The van der Waals surface area contributed by atoms with Crippen molar-refractivity contribution >= 4 is 37.5 Å². The van der Waals surface area contributed by atoms with Gasteiger partial charge in [-0.05, 0) is 63.3 Å². The van der Waals surface area contributed by atoms with Crippen LogP contribution in [0.1, 0.15) is 48.7 Å². The van der Waals surface area contributed by atoms with Gasteiger partial charge in [0.1, 0.15) is 5.01 Å². The average molecular weight is 484 g/mol. The maximum atomic E-state index is 13.6. The van der Waals surface area contributed by atoms with Gasteiger partial charge in [0.25, 0.3) is 0 Å². The van der Waals surface area contributed by atoms with E-state index in [1.165, 1.54) is 4.31 Å². The lowest BCUT2D eigenvalue weighted by atomic mass is 9.93. The van der Waals surface area contributed by atoms with Crippen molar-refractivity contribution in [1.82, 2.24) is 14.2 Å². The highest BCUT2D eigenvalue weighted by Crippen LogP contribution is 2.37. The van der Waals surface area contributed by atoms with Crippen molar-refractivity contribution in [3.05, 3.63) is 59.1 Å². The Labute approximate surface area is 199 Å². The van der Waals surface area contributed by atoms with Gasteiger partial charge in [0, 0.05) is 25.6 Å². The molecule has 174 valence electrons. The Bertz CT molecular complexity index is 1210. The van der Waals surface area contributed by atoms with E-state index >= 15 is 0 Å². The molecule has 0 saturated carbocycles. The summed E-state index contributed by atoms with van der Waals surface area (Å²) in [6.45, 7) is 3.45. The highest BCUT2D eigenvalue weighted by molar-refractivity contribution is 7.89. The first-order valence-electron chi connectivity index (χ1n) is 11.7. The molecule has 2 aliphatic rings. The topological polar surface area (TPSA) is 70.6 Å². The van der Waals surface area contributed by atoms with Gasteiger partial charge in [-0.1, -0.05) is 29.8 Å². The van der Waals surface area contributed by atoms with E-state index in [2.05, 4.69) is 6.07 Å². The van der Waals surface area contributed by atoms with Crippen LogP contribution in [0.4, 0.5) is 0 Å². The van der Waals surface area contributed by atoms with E-state index in [1.54, 1.807) is 23.5 Å². The Morgan fingerprint density at radius 2 is 1.70 bits per heavy atom. The molecule has 0 spiro atoms. The summed E-state index contributed by atoms with van der Waals surface area (Å²) in [4.78, 5) is 20.7. The Balaban J connectivity index is 1.29. The number of nitrogens with zero attached hydrogens (tertiary/aromatic N) is 3. The Kier molecular flexibility index (Phi) is 6.24. The number of rotatable bonds is 4. The highest BCUT2D eigenvalue weighted by atomic mass is 32.2. The quantitative estimate of drug-likeness (QED) is 0.537. The van der Waals surface area contributed by atoms with Gasteiger partial charge in [0.2, 0.25) is 15.9 Å². The first kappa shape index (κ1) is 22.5. The van der Waals surface area contributed by atoms with Crippen molar-refractivity contribution in [2.75, 3.05) is 19.6 Å². The highest BCUT2D eigenvalue weighted by Gasteiger charge is 2.37. The fraction of sp³-hybridized carbons (Fsp3) is 0.440. The first-order valence-corrected chi connectivity index (χ1v) is 13.9. The number of fused-ring (bicyclic) bond motifs is 1. The van der Waals surface area contributed by atoms with Crippen LogP contribution < -0.4 is 0 Å². The number of para-hydroxylation sites is 1. The van der Waals surface area contributed by atoms with Crippen molar-refractivity contribution in [2.24, 2.45) is 5.92 Å². The number of carbonyl (C=O) groups is 1. The number of likely N-dealkylation sites (tertiary alicyclic amines) is 1. The van der Waals surface area contributed by atoms with Crippen molar-refractivity contribution in [1.29, 1.82) is 0 Å². The number of thiazole rings is 1. The number of benzene rings is 2. The summed E-state index contributed by atoms with van der Waals surface area (Å²) >= 11 is 1.68. The summed E-state index contributed by atoms with van der Waals surface area (Å²) in [7, 11) is -3.52. The van der Waals surface area contributed by atoms with Crippen LogP contribution in [0.15, 0.2) is 53.4 Å². The van der Waals surface area contributed by atoms with E-state index in [0.717, 1.165) is 46.6 Å². The van der Waals surface area contributed by atoms with Crippen LogP contribution in [0.5, 0.6) is 0 Å². The molecule has 0 unspecified atom stereocenters. The molecule has 2 aliphatic heterocycles. The minimum atomic E-state index is -3.52. The van der Waals surface area contributed by atoms with E-state index < -0.39 is 10.0 Å². The van der Waals surface area contributed by atoms with Crippen LogP contribution in [-0.2, 0) is 14.8 Å². The molecule has 5 rings (SSSR count). The van der Waals surface area contributed by atoms with Crippen LogP contribution in [0.25, 0.3) is 10.2 Å². The van der Waals surface area contributed by atoms with Crippen molar-refractivity contribution in [3.63, 3.8) is 0 Å². The predicted molar refractivity (Wildman–Crippen MR) is 131 cm³/mol. The fourth-order valence-corrected chi connectivity index (χ4v) is 7.51. The minimum Gasteiger partial charge on any atom is -0.333 e. The Morgan fingerprint density at radius 3 is 2.42 bits per heavy atom. The molecule has 1 amide bonds. The average Bonchev–Trinajstić information content (AvgIpc) is 3.28. The number of hydrogen-bond acceptors (Lipinski definition) is 5. The zero-order chi connectivity index (χ0) is 23.0. The van der Waals surface area contributed by atoms with Crippen molar-refractivity contribution in [3.8, 4) is 0 Å². The monoisotopic (exact) mass is 483 g/mol. The molecule has 1 atom stereocenters. The number of sulfonamides is 1. The Morgan fingerprint density at radius 1 is 0.970 bits per heavy atom. The van der Waals surface area contributed by atoms with Crippen LogP contribution in [0.3, 0.4) is 0 Å². The molecule has 0 N–H and O–H groups in total. The summed E-state index contributed by atoms with van der Waals surface area (Å²) in [5.41, 5.74) is 2.02. The van der Waals surface area contributed by atoms with Gasteiger partial charge in [-0.25, -0.2) is 13.4 Å². The normalized spacial score (nSPS) is 20.9. The van der Waals surface area contributed by atoms with E-state index in [-0.39, 0.29) is 17.9 Å². The van der Waals surface area contributed by atoms with Crippen molar-refractivity contribution in [2.45, 2.75) is 50.0 Å². The van der Waals surface area contributed by atoms with Gasteiger partial charge in [0.15, 0.2) is 0 Å². The molecule has 2 saturated heterocycles. The third kappa shape index (κ3) is 4.44. The summed E-state index contributed by atoms with van der Waals surface area (Å²) in [6, 6.07) is 15.1. The zero-order valence-electron chi connectivity index (χ0n) is 18.8. The summed E-state index contributed by atoms with van der Waals surface area (Å²) in [5.74, 6) is 0.0239. The minimum absolute atomic E-state index is 0.0259. The number of aryl methyl sites for hydroxylation is 1. The van der Waals surface area contributed by atoms with E-state index in [9.17, 15) is 13.2 Å². The lowest BCUT2D eigenvalue weighted by molar-refractivity contribution is -0.140. The van der Waals surface area contributed by atoms with Gasteiger partial charge in [-0.15, -0.1) is 11.3 Å². The van der Waals surface area contributed by atoms with Gasteiger partial charge in [0.05, 0.1) is 21.2 Å². The molecule has 0 bridgehead atoms. The second-order valence-electron chi connectivity index (χ2n) is 9.05. The molecule has 1 aromatic heterocycles. The van der Waals surface area contributed by atoms with Gasteiger partial charge >= 0.3 is 0 Å². The molecule has 8 heteroatoms. The smallest absolute Gasteiger partial charge is 0.243 e. The van der Waals surface area contributed by atoms with Crippen LogP contribution in [0, 0.1) is 12.8 Å². The molecular weight excluding hydrogens is 454 g/mol. The van der Waals surface area contributed by atoms with Gasteiger partial charge in [-0.3, -0.25) is 4.79 Å². The standard InChI is InChI=1S/C25H29N3O3S2/c1-18-9-11-20(12-10-18)33(30,31)27-16-13-19(14-17-27)25(29)28-15-5-4-7-22(28)24-26-21-6-2-3-8-23(21)32-24/h2-3,6,8-12,19,22H,4-5,7,13-17H2,1H3/t22-/m1/s1. The number of aromatic nitrogens is 1. The SMILES string of the molecule is Cc1ccc(S(=O)(=O)N2CCC(C(=O)N3CCCC[C@@H]3c3nc4ccccc4s3)CC2)cc1. The third-order valence-electron chi connectivity index (χ3n) is 6.84. The summed E-state index contributed by atoms with van der Waals surface area (Å²) in [6.07, 6.45) is 4.16. The second-order valence-corrected chi connectivity index (χ2v) is 12.1. The molecule has 2 fully saturated rings. The maximum absolute atomic E-state index is 13.6. The lowest BCUT2D eigenvalue weighted by Gasteiger charge is -2.39. The lowest BCUT2D eigenvalue weighted by Crippen LogP contribution is -2.46. The van der Waals surface area contributed by atoms with Gasteiger partial charge in [-0.2, -0.15) is 4.31 Å². The van der Waals surface area contributed by atoms with Crippen LogP contribution in [0.2, 0.25) is 0 Å². The molecule has 3 heterocycles. The van der Waals surface area contributed by atoms with Crippen LogP contribution >= 0.6 is 11.3 Å². The molecule has 0 radical (unpaired) electrons. The molecule has 6 nitrogen and oxygen atoms in total. The number of piperidine rings is 2. The predicted octanol–water partition coefficient (Wildman–Crippen LogP) is 4.76. The largest absolute Gasteiger partial charge is 0.333 e. The Hall–Kier alpha value is -2.29. The molecule has 2 aromatic carbocycles. The van der Waals surface area contributed by atoms with Crippen molar-refractivity contribution < 1.29 is 13.2 Å². The fourth-order valence-electron chi connectivity index (χ4n) is 4.92. The molecular formula is C25H29N3O3S2. The van der Waals surface area contributed by atoms with Crippen LogP contribution in [-0.4, -0.2) is 48.1 Å². The van der Waals surface area contributed by atoms with E-state index in [1.807, 2.05) is 42.2 Å². The number of hydrogen-bond donors (Lipinski definition) is 0. The molecule has 3 aromatic rings. The summed E-state index contributed by atoms with van der Waals surface area (Å²) in [5, 5.41) is 1.02. The zero-order valence-corrected chi connectivity index (χ0v) is 20.4. The second kappa shape index (κ2) is 9.16. The van der Waals surface area contributed by atoms with E-state index in [0.29, 0.717) is 30.8 Å². The van der Waals surface area contributed by atoms with Gasteiger partial charge < -0.3 is 4.90 Å². The number of carbonyl (C=O) groups excluding carboxylic acids is 1. The maximum Gasteiger partial charge on any atom is 0.243 e. The first-order chi connectivity index (χ1) is 15.9. The van der Waals surface area contributed by atoms with E-state index in [4.69, 9.17) is 4.98 Å². The summed E-state index contributed by atoms with van der Waals surface area (Å²) < 4.78 is 28.7. The molecule has 33 heavy (non-hydrogen) atoms.